The Morgan fingerprint density at radius 2 is 1.84 bits per heavy atom. The van der Waals surface area contributed by atoms with Crippen LogP contribution in [0.3, 0.4) is 0 Å². The fourth-order valence-electron chi connectivity index (χ4n) is 3.09. The van der Waals surface area contributed by atoms with Crippen LogP contribution in [0.2, 0.25) is 0 Å². The van der Waals surface area contributed by atoms with E-state index in [1.165, 1.54) is 31.4 Å². The van der Waals surface area contributed by atoms with E-state index >= 15 is 0 Å². The molecule has 2 rings (SSSR count). The van der Waals surface area contributed by atoms with Gasteiger partial charge in [0, 0.05) is 16.7 Å². The third-order valence-electron chi connectivity index (χ3n) is 4.49. The van der Waals surface area contributed by atoms with Crippen molar-refractivity contribution in [3.63, 3.8) is 0 Å². The van der Waals surface area contributed by atoms with Gasteiger partial charge in [-0.3, -0.25) is 0 Å². The lowest BCUT2D eigenvalue weighted by Gasteiger charge is -2.37. The Labute approximate surface area is 126 Å². The largest absolute Gasteiger partial charge is 0.385 e. The summed E-state index contributed by atoms with van der Waals surface area (Å²) >= 11 is 3.52. The maximum atomic E-state index is 3.58. The molecule has 0 atom stereocenters. The predicted molar refractivity (Wildman–Crippen MR) is 87.5 cm³/mol. The molecule has 1 aliphatic carbocycles. The van der Waals surface area contributed by atoms with Gasteiger partial charge in [0.2, 0.25) is 0 Å². The summed E-state index contributed by atoms with van der Waals surface area (Å²) in [6, 6.07) is 8.45. The van der Waals surface area contributed by atoms with Crippen LogP contribution in [0.15, 0.2) is 28.7 Å². The molecular formula is C17H26BrN. The van der Waals surface area contributed by atoms with E-state index in [1.54, 1.807) is 0 Å². The van der Waals surface area contributed by atoms with Gasteiger partial charge in [0.15, 0.2) is 0 Å². The fourth-order valence-corrected chi connectivity index (χ4v) is 3.49. The molecule has 1 saturated carbocycles. The third-order valence-corrected chi connectivity index (χ3v) is 4.98. The van der Waals surface area contributed by atoms with E-state index in [-0.39, 0.29) is 0 Å². The highest BCUT2D eigenvalue weighted by Gasteiger charge is 2.29. The number of hydrogen-bond donors (Lipinski definition) is 1. The number of anilines is 1. The molecule has 1 N–H and O–H groups in total. The SMILES string of the molecule is CC(C)(C)C1CCC(CNc2cccc(Br)c2)CC1. The lowest BCUT2D eigenvalue weighted by molar-refractivity contribution is 0.153. The second-order valence-corrected chi connectivity index (χ2v) is 7.89. The normalized spacial score (nSPS) is 24.2. The first-order valence-electron chi connectivity index (χ1n) is 7.44. The van der Waals surface area contributed by atoms with E-state index in [0.717, 1.165) is 22.9 Å². The molecule has 0 amide bonds. The monoisotopic (exact) mass is 323 g/mol. The topological polar surface area (TPSA) is 12.0 Å². The number of nitrogens with one attached hydrogen (secondary N) is 1. The summed E-state index contributed by atoms with van der Waals surface area (Å²) in [7, 11) is 0. The number of benzene rings is 1. The summed E-state index contributed by atoms with van der Waals surface area (Å²) in [6.45, 7) is 8.28. The molecule has 1 nitrogen and oxygen atoms in total. The van der Waals surface area contributed by atoms with Gasteiger partial charge in [-0.05, 0) is 61.1 Å². The molecule has 0 aromatic heterocycles. The predicted octanol–water partition coefficient (Wildman–Crippen LogP) is 5.71. The Balaban J connectivity index is 1.77. The van der Waals surface area contributed by atoms with Crippen molar-refractivity contribution in [2.24, 2.45) is 17.3 Å². The molecular weight excluding hydrogens is 298 g/mol. The zero-order chi connectivity index (χ0) is 13.9. The highest BCUT2D eigenvalue weighted by molar-refractivity contribution is 9.10. The zero-order valence-electron chi connectivity index (χ0n) is 12.4. The zero-order valence-corrected chi connectivity index (χ0v) is 14.0. The number of halogens is 1. The molecule has 0 radical (unpaired) electrons. The fraction of sp³-hybridized carbons (Fsp3) is 0.647. The number of rotatable bonds is 3. The average molecular weight is 324 g/mol. The highest BCUT2D eigenvalue weighted by atomic mass is 79.9. The van der Waals surface area contributed by atoms with Crippen molar-refractivity contribution in [3.05, 3.63) is 28.7 Å². The minimum atomic E-state index is 0.489. The molecule has 0 unspecified atom stereocenters. The first kappa shape index (κ1) is 14.9. The summed E-state index contributed by atoms with van der Waals surface area (Å²) in [5.41, 5.74) is 1.72. The molecule has 0 aliphatic heterocycles. The van der Waals surface area contributed by atoms with Crippen LogP contribution >= 0.6 is 15.9 Å². The molecule has 2 heteroatoms. The van der Waals surface area contributed by atoms with E-state index in [0.29, 0.717) is 5.41 Å². The summed E-state index contributed by atoms with van der Waals surface area (Å²) in [4.78, 5) is 0. The maximum Gasteiger partial charge on any atom is 0.0351 e. The maximum absolute atomic E-state index is 3.58. The molecule has 19 heavy (non-hydrogen) atoms. The lowest BCUT2D eigenvalue weighted by Crippen LogP contribution is -2.28. The van der Waals surface area contributed by atoms with Gasteiger partial charge in [-0.2, -0.15) is 0 Å². The van der Waals surface area contributed by atoms with Crippen LogP contribution in [0, 0.1) is 17.3 Å². The van der Waals surface area contributed by atoms with Gasteiger partial charge < -0.3 is 5.32 Å². The molecule has 0 spiro atoms. The molecule has 0 saturated heterocycles. The van der Waals surface area contributed by atoms with Gasteiger partial charge in [-0.15, -0.1) is 0 Å². The molecule has 1 aliphatic rings. The summed E-state index contributed by atoms with van der Waals surface area (Å²) < 4.78 is 1.15. The Morgan fingerprint density at radius 1 is 1.16 bits per heavy atom. The van der Waals surface area contributed by atoms with Crippen LogP contribution in [0.1, 0.15) is 46.5 Å². The van der Waals surface area contributed by atoms with E-state index in [9.17, 15) is 0 Å². The van der Waals surface area contributed by atoms with Crippen molar-refractivity contribution in [2.45, 2.75) is 46.5 Å². The van der Waals surface area contributed by atoms with Gasteiger partial charge in [0.1, 0.15) is 0 Å². The first-order chi connectivity index (χ1) is 8.95. The van der Waals surface area contributed by atoms with Crippen LogP contribution < -0.4 is 5.32 Å². The second kappa shape index (κ2) is 6.30. The van der Waals surface area contributed by atoms with Gasteiger partial charge in [0.05, 0.1) is 0 Å². The van der Waals surface area contributed by atoms with Crippen molar-refractivity contribution in [1.82, 2.24) is 0 Å². The van der Waals surface area contributed by atoms with Gasteiger partial charge in [-0.25, -0.2) is 0 Å². The van der Waals surface area contributed by atoms with Crippen molar-refractivity contribution >= 4 is 21.6 Å². The van der Waals surface area contributed by atoms with E-state index in [1.807, 2.05) is 0 Å². The highest BCUT2D eigenvalue weighted by Crippen LogP contribution is 2.39. The lowest BCUT2D eigenvalue weighted by atomic mass is 9.70. The smallest absolute Gasteiger partial charge is 0.0351 e. The van der Waals surface area contributed by atoms with Gasteiger partial charge >= 0.3 is 0 Å². The van der Waals surface area contributed by atoms with E-state index in [4.69, 9.17) is 0 Å². The molecule has 0 heterocycles. The quantitative estimate of drug-likeness (QED) is 0.750. The minimum absolute atomic E-state index is 0.489. The minimum Gasteiger partial charge on any atom is -0.385 e. The van der Waals surface area contributed by atoms with Gasteiger partial charge in [0.25, 0.3) is 0 Å². The van der Waals surface area contributed by atoms with Crippen molar-refractivity contribution in [3.8, 4) is 0 Å². The summed E-state index contributed by atoms with van der Waals surface area (Å²) in [5, 5.41) is 3.58. The van der Waals surface area contributed by atoms with Crippen LogP contribution in [0.25, 0.3) is 0 Å². The average Bonchev–Trinajstić information content (AvgIpc) is 2.36. The van der Waals surface area contributed by atoms with E-state index in [2.05, 4.69) is 66.3 Å². The molecule has 1 aromatic carbocycles. The number of hydrogen-bond acceptors (Lipinski definition) is 1. The van der Waals surface area contributed by atoms with E-state index < -0.39 is 0 Å². The standard InChI is InChI=1S/C17H26BrN/c1-17(2,3)14-9-7-13(8-10-14)12-19-16-6-4-5-15(18)11-16/h4-6,11,13-14,19H,7-10,12H2,1-3H3. The molecule has 1 fully saturated rings. The second-order valence-electron chi connectivity index (χ2n) is 6.97. The van der Waals surface area contributed by atoms with Crippen molar-refractivity contribution in [1.29, 1.82) is 0 Å². The third kappa shape index (κ3) is 4.52. The molecule has 0 bridgehead atoms. The van der Waals surface area contributed by atoms with Crippen LogP contribution in [0.5, 0.6) is 0 Å². The van der Waals surface area contributed by atoms with Crippen LogP contribution in [0.4, 0.5) is 5.69 Å². The van der Waals surface area contributed by atoms with Crippen molar-refractivity contribution < 1.29 is 0 Å². The van der Waals surface area contributed by atoms with Crippen molar-refractivity contribution in [2.75, 3.05) is 11.9 Å². The summed E-state index contributed by atoms with van der Waals surface area (Å²) in [5.74, 6) is 1.76. The van der Waals surface area contributed by atoms with Crippen LogP contribution in [-0.2, 0) is 0 Å². The Kier molecular flexibility index (Phi) is 4.94. The Bertz CT molecular complexity index is 400. The molecule has 1 aromatic rings. The summed E-state index contributed by atoms with van der Waals surface area (Å²) in [6.07, 6.45) is 5.55. The molecule has 106 valence electrons. The van der Waals surface area contributed by atoms with Crippen LogP contribution in [-0.4, -0.2) is 6.54 Å². The Morgan fingerprint density at radius 3 is 2.42 bits per heavy atom. The first-order valence-corrected chi connectivity index (χ1v) is 8.24. The van der Waals surface area contributed by atoms with Gasteiger partial charge in [-0.1, -0.05) is 42.8 Å². The Hall–Kier alpha value is -0.500.